The number of imide groups is 2. The molecule has 0 aromatic heterocycles. The average molecular weight is 413 g/mol. The Hall–Kier alpha value is -3.27. The summed E-state index contributed by atoms with van der Waals surface area (Å²) in [6.07, 6.45) is 1.92. The second kappa shape index (κ2) is 7.86. The molecule has 0 saturated carbocycles. The van der Waals surface area contributed by atoms with Crippen LogP contribution in [0.25, 0.3) is 0 Å². The van der Waals surface area contributed by atoms with Gasteiger partial charge in [0, 0.05) is 31.2 Å². The van der Waals surface area contributed by atoms with E-state index < -0.39 is 29.7 Å². The van der Waals surface area contributed by atoms with Gasteiger partial charge in [-0.05, 0) is 31.4 Å². The van der Waals surface area contributed by atoms with Gasteiger partial charge in [-0.25, -0.2) is 0 Å². The number of benzene rings is 1. The number of anilines is 1. The van der Waals surface area contributed by atoms with Crippen LogP contribution in [0.5, 0.6) is 0 Å². The number of nitrogens with two attached hydrogens (primary N) is 1. The van der Waals surface area contributed by atoms with Crippen molar-refractivity contribution < 1.29 is 24.0 Å². The standard InChI is InChI=1S/C20H23N5O5/c21-9-11-3-2-8-24(11)16(27)10-22-13-5-1-4-12-17(13)20(30)25(19(12)29)14-6-7-15(26)23-18(14)28/h1,4-5,11,14,22H,2-3,6-10,21H2,(H,23,26,28)/t11-,14?/m1/s1. The van der Waals surface area contributed by atoms with Crippen molar-refractivity contribution in [2.75, 3.05) is 25.0 Å². The zero-order chi connectivity index (χ0) is 21.4. The summed E-state index contributed by atoms with van der Waals surface area (Å²) in [5.74, 6) is -2.40. The average Bonchev–Trinajstić information content (AvgIpc) is 3.30. The number of nitrogens with one attached hydrogen (secondary N) is 2. The quantitative estimate of drug-likeness (QED) is 0.550. The molecule has 2 saturated heterocycles. The number of likely N-dealkylation sites (tertiary alicyclic amines) is 1. The second-order valence-electron chi connectivity index (χ2n) is 7.65. The van der Waals surface area contributed by atoms with E-state index >= 15 is 0 Å². The van der Waals surface area contributed by atoms with Crippen LogP contribution in [-0.4, -0.2) is 71.1 Å². The highest BCUT2D eigenvalue weighted by atomic mass is 16.2. The summed E-state index contributed by atoms with van der Waals surface area (Å²) in [5, 5.41) is 5.14. The molecule has 158 valence electrons. The van der Waals surface area contributed by atoms with Gasteiger partial charge in [-0.2, -0.15) is 0 Å². The molecule has 2 atom stereocenters. The van der Waals surface area contributed by atoms with Crippen LogP contribution in [-0.2, 0) is 14.4 Å². The Bertz CT molecular complexity index is 946. The van der Waals surface area contributed by atoms with Crippen LogP contribution in [0.15, 0.2) is 18.2 Å². The van der Waals surface area contributed by atoms with Crippen LogP contribution >= 0.6 is 0 Å². The molecule has 1 aromatic rings. The Morgan fingerprint density at radius 3 is 2.70 bits per heavy atom. The summed E-state index contributed by atoms with van der Waals surface area (Å²) >= 11 is 0. The number of amides is 5. The molecule has 3 heterocycles. The molecule has 0 radical (unpaired) electrons. The van der Waals surface area contributed by atoms with Crippen molar-refractivity contribution in [1.82, 2.24) is 15.1 Å². The molecule has 1 unspecified atom stereocenters. The van der Waals surface area contributed by atoms with Crippen molar-refractivity contribution in [1.29, 1.82) is 0 Å². The third kappa shape index (κ3) is 3.32. The van der Waals surface area contributed by atoms with Crippen LogP contribution in [0.1, 0.15) is 46.4 Å². The molecule has 3 aliphatic heterocycles. The molecule has 4 rings (SSSR count). The van der Waals surface area contributed by atoms with Crippen molar-refractivity contribution in [3.05, 3.63) is 29.3 Å². The number of rotatable bonds is 5. The minimum absolute atomic E-state index is 0.0204. The molecule has 0 spiro atoms. The van der Waals surface area contributed by atoms with E-state index in [1.54, 1.807) is 17.0 Å². The van der Waals surface area contributed by atoms with Gasteiger partial charge >= 0.3 is 0 Å². The van der Waals surface area contributed by atoms with Gasteiger partial charge in [-0.15, -0.1) is 0 Å². The lowest BCUT2D eigenvalue weighted by Gasteiger charge is -2.27. The lowest BCUT2D eigenvalue weighted by Crippen LogP contribution is -2.54. The van der Waals surface area contributed by atoms with Crippen molar-refractivity contribution in [3.63, 3.8) is 0 Å². The fraction of sp³-hybridized carbons (Fsp3) is 0.450. The molecule has 0 bridgehead atoms. The number of fused-ring (bicyclic) bond motifs is 1. The third-order valence-corrected chi connectivity index (χ3v) is 5.87. The summed E-state index contributed by atoms with van der Waals surface area (Å²) in [7, 11) is 0. The highest BCUT2D eigenvalue weighted by Crippen LogP contribution is 2.32. The Balaban J connectivity index is 1.52. The van der Waals surface area contributed by atoms with Crippen molar-refractivity contribution in [2.24, 2.45) is 5.73 Å². The molecule has 10 heteroatoms. The third-order valence-electron chi connectivity index (χ3n) is 5.87. The number of hydrogen-bond donors (Lipinski definition) is 3. The zero-order valence-electron chi connectivity index (χ0n) is 16.3. The Morgan fingerprint density at radius 2 is 1.97 bits per heavy atom. The van der Waals surface area contributed by atoms with Gasteiger partial charge in [0.2, 0.25) is 17.7 Å². The molecule has 30 heavy (non-hydrogen) atoms. The minimum atomic E-state index is -1.03. The molecule has 1 aromatic carbocycles. The van der Waals surface area contributed by atoms with E-state index in [-0.39, 0.29) is 42.5 Å². The van der Waals surface area contributed by atoms with Crippen molar-refractivity contribution in [2.45, 2.75) is 37.8 Å². The van der Waals surface area contributed by atoms with Gasteiger partial charge in [0.1, 0.15) is 6.04 Å². The van der Waals surface area contributed by atoms with Crippen LogP contribution < -0.4 is 16.4 Å². The molecular formula is C20H23N5O5. The van der Waals surface area contributed by atoms with Crippen LogP contribution in [0.2, 0.25) is 0 Å². The summed E-state index contributed by atoms with van der Waals surface area (Å²) in [6.45, 7) is 1.02. The fourth-order valence-electron chi connectivity index (χ4n) is 4.34. The molecule has 5 amide bonds. The normalized spacial score (nSPS) is 23.6. The maximum Gasteiger partial charge on any atom is 0.264 e. The van der Waals surface area contributed by atoms with Crippen LogP contribution in [0.3, 0.4) is 0 Å². The van der Waals surface area contributed by atoms with E-state index in [1.807, 2.05) is 0 Å². The first-order valence-corrected chi connectivity index (χ1v) is 10.0. The molecular weight excluding hydrogens is 390 g/mol. The largest absolute Gasteiger partial charge is 0.375 e. The SMILES string of the molecule is NC[C@H]1CCCN1C(=O)CNc1cccc2c1C(=O)N(C1CCC(=O)NC1=O)C2=O. The lowest BCUT2D eigenvalue weighted by atomic mass is 10.0. The van der Waals surface area contributed by atoms with Gasteiger partial charge in [0.05, 0.1) is 17.7 Å². The van der Waals surface area contributed by atoms with Gasteiger partial charge in [0.25, 0.3) is 11.8 Å². The maximum atomic E-state index is 13.0. The topological polar surface area (TPSA) is 142 Å². The first kappa shape index (κ1) is 20.0. The summed E-state index contributed by atoms with van der Waals surface area (Å²) in [4.78, 5) is 64.7. The second-order valence-corrected chi connectivity index (χ2v) is 7.65. The predicted octanol–water partition coefficient (Wildman–Crippen LogP) is -0.551. The zero-order valence-corrected chi connectivity index (χ0v) is 16.3. The Labute approximate surface area is 172 Å². The lowest BCUT2D eigenvalue weighted by molar-refractivity contribution is -0.136. The monoisotopic (exact) mass is 413 g/mol. The van der Waals surface area contributed by atoms with Crippen LogP contribution in [0, 0.1) is 0 Å². The van der Waals surface area contributed by atoms with E-state index in [9.17, 15) is 24.0 Å². The number of carbonyl (C=O) groups excluding carboxylic acids is 5. The van der Waals surface area contributed by atoms with Gasteiger partial charge < -0.3 is 16.0 Å². The summed E-state index contributed by atoms with van der Waals surface area (Å²) in [5.41, 5.74) is 6.39. The number of hydrogen-bond acceptors (Lipinski definition) is 7. The summed E-state index contributed by atoms with van der Waals surface area (Å²) in [6, 6.07) is 3.74. The first-order chi connectivity index (χ1) is 14.4. The maximum absolute atomic E-state index is 13.0. The van der Waals surface area contributed by atoms with Crippen LogP contribution in [0.4, 0.5) is 5.69 Å². The van der Waals surface area contributed by atoms with Crippen molar-refractivity contribution >= 4 is 35.2 Å². The van der Waals surface area contributed by atoms with Gasteiger partial charge in [0.15, 0.2) is 0 Å². The van der Waals surface area contributed by atoms with E-state index in [0.29, 0.717) is 18.8 Å². The highest BCUT2D eigenvalue weighted by molar-refractivity contribution is 6.25. The van der Waals surface area contributed by atoms with Gasteiger partial charge in [-0.3, -0.25) is 34.2 Å². The number of piperidine rings is 1. The fourth-order valence-corrected chi connectivity index (χ4v) is 4.34. The van der Waals surface area contributed by atoms with Gasteiger partial charge in [-0.1, -0.05) is 6.07 Å². The minimum Gasteiger partial charge on any atom is -0.375 e. The smallest absolute Gasteiger partial charge is 0.264 e. The number of nitrogens with zero attached hydrogens (tertiary/aromatic N) is 2. The Morgan fingerprint density at radius 1 is 1.17 bits per heavy atom. The summed E-state index contributed by atoms with van der Waals surface area (Å²) < 4.78 is 0. The molecule has 0 aliphatic carbocycles. The predicted molar refractivity (Wildman–Crippen MR) is 105 cm³/mol. The Kier molecular flexibility index (Phi) is 5.25. The van der Waals surface area contributed by atoms with Crippen molar-refractivity contribution in [3.8, 4) is 0 Å². The number of carbonyl (C=O) groups is 5. The van der Waals surface area contributed by atoms with E-state index in [2.05, 4.69) is 10.6 Å². The first-order valence-electron chi connectivity index (χ1n) is 10.0. The van der Waals surface area contributed by atoms with E-state index in [0.717, 1.165) is 17.7 Å². The molecule has 3 aliphatic rings. The van der Waals surface area contributed by atoms with E-state index in [4.69, 9.17) is 5.73 Å². The molecule has 10 nitrogen and oxygen atoms in total. The molecule has 2 fully saturated rings. The molecule has 4 N–H and O–H groups in total. The van der Waals surface area contributed by atoms with E-state index in [1.165, 1.54) is 6.07 Å². The highest BCUT2D eigenvalue weighted by Gasteiger charge is 2.45.